The highest BCUT2D eigenvalue weighted by Gasteiger charge is 2.45. The zero-order chi connectivity index (χ0) is 33.3. The lowest BCUT2D eigenvalue weighted by atomic mass is 10.1. The number of ether oxygens (including phenoxy) is 2. The summed E-state index contributed by atoms with van der Waals surface area (Å²) in [6.07, 6.45) is 1.29. The largest absolute Gasteiger partial charge is 0.444 e. The summed E-state index contributed by atoms with van der Waals surface area (Å²) in [5, 5.41) is 5.09. The van der Waals surface area contributed by atoms with Crippen molar-refractivity contribution >= 4 is 41.9 Å². The Labute approximate surface area is 268 Å². The second-order valence-electron chi connectivity index (χ2n) is 12.2. The number of nitrogens with zero attached hydrogens (tertiary/aromatic N) is 3. The van der Waals surface area contributed by atoms with Crippen molar-refractivity contribution in [2.45, 2.75) is 83.2 Å². The number of carbonyl (C=O) groups is 5. The molecule has 0 radical (unpaired) electrons. The van der Waals surface area contributed by atoms with Gasteiger partial charge in [-0.15, -0.1) is 0 Å². The molecule has 13 heteroatoms. The lowest BCUT2D eigenvalue weighted by Crippen LogP contribution is -2.55. The van der Waals surface area contributed by atoms with Crippen LogP contribution < -0.4 is 21.3 Å². The number of amides is 4. The number of rotatable bonds is 10. The molecule has 4 amide bonds. The van der Waals surface area contributed by atoms with Crippen LogP contribution >= 0.6 is 0 Å². The van der Waals surface area contributed by atoms with E-state index in [1.807, 2.05) is 42.5 Å². The molecule has 4 N–H and O–H groups in total. The average molecular weight is 635 g/mol. The Balaban J connectivity index is 1.29. The fourth-order valence-electron chi connectivity index (χ4n) is 5.48. The van der Waals surface area contributed by atoms with Gasteiger partial charge in [-0.3, -0.25) is 24.8 Å². The van der Waals surface area contributed by atoms with Crippen molar-refractivity contribution in [1.29, 1.82) is 0 Å². The first-order valence-corrected chi connectivity index (χ1v) is 15.4. The van der Waals surface area contributed by atoms with Crippen LogP contribution in [0.25, 0.3) is 0 Å². The number of nitrogens with two attached hydrogens (primary N) is 1. The number of hydrogen-bond acceptors (Lipinski definition) is 8. The summed E-state index contributed by atoms with van der Waals surface area (Å²) < 4.78 is 10.7. The molecule has 2 aromatic rings. The van der Waals surface area contributed by atoms with Crippen LogP contribution in [-0.2, 0) is 36.9 Å². The van der Waals surface area contributed by atoms with Crippen LogP contribution in [-0.4, -0.2) is 78.0 Å². The standard InChI is InChI=1S/C33H42N6O7/c1-33(2,3)46-32(44)39-25-15-8-7-13-23(25)19-27(39)29(42)38-18-10-16-26(38)28(41)36-24(20-40)14-9-17-35-30(34)37-31(43)45-21-22-11-5-4-6-12-22/h4-8,11-13,15,20,24,26-27H,9-10,14,16-19,21H2,1-3H3,(H,36,41)(H3,34,35,37,43)/t24-,26-,27?/m0/s1. The molecule has 4 rings (SSSR count). The normalized spacial score (nSPS) is 18.4. The second-order valence-corrected chi connectivity index (χ2v) is 12.2. The second kappa shape index (κ2) is 15.4. The van der Waals surface area contributed by atoms with Crippen LogP contribution in [0.2, 0.25) is 0 Å². The number of nitrogens with one attached hydrogen (secondary N) is 2. The Morgan fingerprint density at radius 2 is 1.78 bits per heavy atom. The van der Waals surface area contributed by atoms with Crippen molar-refractivity contribution in [1.82, 2.24) is 15.5 Å². The van der Waals surface area contributed by atoms with Crippen molar-refractivity contribution in [3.63, 3.8) is 0 Å². The molecule has 246 valence electrons. The lowest BCUT2D eigenvalue weighted by molar-refractivity contribution is -0.139. The number of alkyl carbamates (subject to hydrolysis) is 1. The van der Waals surface area contributed by atoms with E-state index < -0.39 is 41.8 Å². The van der Waals surface area contributed by atoms with Crippen LogP contribution in [0.4, 0.5) is 15.3 Å². The van der Waals surface area contributed by atoms with Crippen molar-refractivity contribution in [2.24, 2.45) is 10.7 Å². The summed E-state index contributed by atoms with van der Waals surface area (Å²) >= 11 is 0. The van der Waals surface area contributed by atoms with Crippen molar-refractivity contribution in [2.75, 3.05) is 18.0 Å². The topological polar surface area (TPSA) is 173 Å². The van der Waals surface area contributed by atoms with Gasteiger partial charge in [-0.25, -0.2) is 9.59 Å². The van der Waals surface area contributed by atoms with E-state index in [-0.39, 0.29) is 31.4 Å². The van der Waals surface area contributed by atoms with Gasteiger partial charge >= 0.3 is 12.2 Å². The number of hydrogen-bond donors (Lipinski definition) is 3. The first kappa shape index (κ1) is 33.9. The Kier molecular flexibility index (Phi) is 11.3. The van der Waals surface area contributed by atoms with E-state index in [4.69, 9.17) is 15.2 Å². The van der Waals surface area contributed by atoms with Crippen LogP contribution in [0.1, 0.15) is 57.6 Å². The number of likely N-dealkylation sites (tertiary alicyclic amines) is 1. The number of anilines is 1. The highest BCUT2D eigenvalue weighted by molar-refractivity contribution is 6.02. The Bertz CT molecular complexity index is 1440. The van der Waals surface area contributed by atoms with E-state index in [1.165, 1.54) is 9.80 Å². The summed E-state index contributed by atoms with van der Waals surface area (Å²) in [6.45, 7) is 5.92. The van der Waals surface area contributed by atoms with Crippen molar-refractivity contribution in [3.05, 3.63) is 65.7 Å². The third-order valence-electron chi connectivity index (χ3n) is 7.58. The molecule has 0 bridgehead atoms. The lowest BCUT2D eigenvalue weighted by Gasteiger charge is -2.32. The van der Waals surface area contributed by atoms with Gasteiger partial charge in [0.25, 0.3) is 0 Å². The highest BCUT2D eigenvalue weighted by Crippen LogP contribution is 2.35. The Morgan fingerprint density at radius 3 is 2.50 bits per heavy atom. The van der Waals surface area contributed by atoms with Gasteiger partial charge in [-0.05, 0) is 63.6 Å². The molecular weight excluding hydrogens is 592 g/mol. The molecular formula is C33H42N6O7. The monoisotopic (exact) mass is 634 g/mol. The first-order valence-electron chi connectivity index (χ1n) is 15.4. The van der Waals surface area contributed by atoms with Crippen LogP contribution in [0.5, 0.6) is 0 Å². The molecule has 1 unspecified atom stereocenters. The third kappa shape index (κ3) is 9.05. The van der Waals surface area contributed by atoms with Gasteiger partial charge in [-0.1, -0.05) is 48.5 Å². The van der Waals surface area contributed by atoms with E-state index in [0.717, 1.165) is 11.1 Å². The molecule has 2 aromatic carbocycles. The van der Waals surface area contributed by atoms with Crippen LogP contribution in [0.15, 0.2) is 59.6 Å². The Morgan fingerprint density at radius 1 is 1.07 bits per heavy atom. The third-order valence-corrected chi connectivity index (χ3v) is 7.58. The molecule has 3 atom stereocenters. The van der Waals surface area contributed by atoms with Gasteiger partial charge in [-0.2, -0.15) is 0 Å². The number of fused-ring (bicyclic) bond motifs is 1. The molecule has 2 aliphatic rings. The summed E-state index contributed by atoms with van der Waals surface area (Å²) in [6, 6.07) is 14.0. The van der Waals surface area contributed by atoms with Crippen molar-refractivity contribution < 1.29 is 33.4 Å². The molecule has 46 heavy (non-hydrogen) atoms. The molecule has 2 heterocycles. The maximum absolute atomic E-state index is 13.9. The molecule has 0 aliphatic carbocycles. The number of aliphatic imine (C=N–C) groups is 1. The van der Waals surface area contributed by atoms with Gasteiger partial charge in [0.05, 0.1) is 11.7 Å². The van der Waals surface area contributed by atoms with E-state index in [1.54, 1.807) is 32.9 Å². The van der Waals surface area contributed by atoms with Crippen molar-refractivity contribution in [3.8, 4) is 0 Å². The van der Waals surface area contributed by atoms with E-state index in [0.29, 0.717) is 44.2 Å². The number of aldehydes is 1. The molecule has 13 nitrogen and oxygen atoms in total. The summed E-state index contributed by atoms with van der Waals surface area (Å²) in [7, 11) is 0. The number of carbonyl (C=O) groups excluding carboxylic acids is 5. The van der Waals surface area contributed by atoms with Crippen LogP contribution in [0, 0.1) is 0 Å². The number of para-hydroxylation sites is 1. The van der Waals surface area contributed by atoms with Gasteiger partial charge in [0.15, 0.2) is 5.96 Å². The molecule has 0 aromatic heterocycles. The fraction of sp³-hybridized carbons (Fsp3) is 0.455. The zero-order valence-electron chi connectivity index (χ0n) is 26.4. The molecule has 2 aliphatic heterocycles. The minimum Gasteiger partial charge on any atom is -0.444 e. The van der Waals surface area contributed by atoms with Gasteiger partial charge in [0.2, 0.25) is 11.8 Å². The predicted octanol–water partition coefficient (Wildman–Crippen LogP) is 3.05. The molecule has 0 saturated carbocycles. The quantitative estimate of drug-likeness (QED) is 0.155. The smallest absolute Gasteiger partial charge is 0.415 e. The first-order chi connectivity index (χ1) is 22.0. The number of benzene rings is 2. The van der Waals surface area contributed by atoms with Gasteiger partial charge < -0.3 is 30.2 Å². The van der Waals surface area contributed by atoms with Gasteiger partial charge in [0, 0.05) is 19.5 Å². The SMILES string of the molecule is CC(C)(C)OC(=O)N1c2ccccc2CC1C(=O)N1CCC[C@H]1C(=O)N[C@H](C=O)CCCN=C(N)NC(=O)OCc1ccccc1. The van der Waals surface area contributed by atoms with E-state index >= 15 is 0 Å². The van der Waals surface area contributed by atoms with Gasteiger partial charge in [0.1, 0.15) is 30.6 Å². The average Bonchev–Trinajstić information content (AvgIpc) is 3.66. The minimum absolute atomic E-state index is 0.0843. The molecule has 1 saturated heterocycles. The molecule has 1 fully saturated rings. The zero-order valence-corrected chi connectivity index (χ0v) is 26.4. The Hall–Kier alpha value is -4.94. The summed E-state index contributed by atoms with van der Waals surface area (Å²) in [5.41, 5.74) is 7.29. The predicted molar refractivity (Wildman–Crippen MR) is 171 cm³/mol. The van der Waals surface area contributed by atoms with Crippen LogP contribution in [0.3, 0.4) is 0 Å². The summed E-state index contributed by atoms with van der Waals surface area (Å²) in [5.74, 6) is -0.908. The molecule has 0 spiro atoms. The fourth-order valence-corrected chi connectivity index (χ4v) is 5.48. The van der Waals surface area contributed by atoms with E-state index in [9.17, 15) is 24.0 Å². The maximum atomic E-state index is 13.9. The number of guanidine groups is 1. The maximum Gasteiger partial charge on any atom is 0.415 e. The summed E-state index contributed by atoms with van der Waals surface area (Å²) in [4.78, 5) is 71.2. The van der Waals surface area contributed by atoms with E-state index in [2.05, 4.69) is 15.6 Å². The minimum atomic E-state index is -0.852. The highest BCUT2D eigenvalue weighted by atomic mass is 16.6.